The number of carbonyl (C=O) groups excluding carboxylic acids is 1. The largest absolute Gasteiger partial charge is 0.381 e. The Bertz CT molecular complexity index is 1020. The summed E-state index contributed by atoms with van der Waals surface area (Å²) >= 11 is 3.48. The van der Waals surface area contributed by atoms with E-state index in [4.69, 9.17) is 4.74 Å². The van der Waals surface area contributed by atoms with Crippen molar-refractivity contribution in [3.63, 3.8) is 0 Å². The summed E-state index contributed by atoms with van der Waals surface area (Å²) in [6, 6.07) is 14.0. The van der Waals surface area contributed by atoms with Gasteiger partial charge in [-0.2, -0.15) is 5.10 Å². The standard InChI is InChI=1S/C23H25BrN4O2/c1-16-13-17(2)28(27-16)21-8-3-18(14-25-21)15-26-22(29)23(9-11-30-12-10-23)19-4-6-20(24)7-5-19/h3-8,13-14H,9-12,15H2,1-2H3,(H,26,29). The molecule has 1 fully saturated rings. The molecule has 2 aromatic heterocycles. The van der Waals surface area contributed by atoms with Crippen molar-refractivity contribution in [3.05, 3.63) is 75.6 Å². The van der Waals surface area contributed by atoms with Crippen molar-refractivity contribution in [1.82, 2.24) is 20.1 Å². The summed E-state index contributed by atoms with van der Waals surface area (Å²) in [5, 5.41) is 7.59. The molecule has 1 saturated heterocycles. The van der Waals surface area contributed by atoms with E-state index < -0.39 is 5.41 Å². The number of ether oxygens (including phenoxy) is 1. The Hall–Kier alpha value is -2.51. The molecule has 0 saturated carbocycles. The van der Waals surface area contributed by atoms with Gasteiger partial charge in [0.25, 0.3) is 0 Å². The van der Waals surface area contributed by atoms with Gasteiger partial charge in [0.1, 0.15) is 0 Å². The first kappa shape index (κ1) is 20.8. The van der Waals surface area contributed by atoms with Crippen molar-refractivity contribution in [2.45, 2.75) is 38.6 Å². The lowest BCUT2D eigenvalue weighted by atomic mass is 9.73. The monoisotopic (exact) mass is 468 g/mol. The van der Waals surface area contributed by atoms with E-state index in [1.807, 2.05) is 61.0 Å². The highest BCUT2D eigenvalue weighted by atomic mass is 79.9. The summed E-state index contributed by atoms with van der Waals surface area (Å²) in [7, 11) is 0. The van der Waals surface area contributed by atoms with Gasteiger partial charge in [-0.1, -0.05) is 34.1 Å². The molecule has 1 aromatic carbocycles. The molecule has 3 heterocycles. The Balaban J connectivity index is 1.48. The minimum Gasteiger partial charge on any atom is -0.381 e. The highest BCUT2D eigenvalue weighted by molar-refractivity contribution is 9.10. The van der Waals surface area contributed by atoms with Gasteiger partial charge in [-0.25, -0.2) is 9.67 Å². The Labute approximate surface area is 184 Å². The molecule has 156 valence electrons. The maximum atomic E-state index is 13.3. The van der Waals surface area contributed by atoms with Crippen LogP contribution in [0.5, 0.6) is 0 Å². The highest BCUT2D eigenvalue weighted by Crippen LogP contribution is 2.36. The fraction of sp³-hybridized carbons (Fsp3) is 0.348. The topological polar surface area (TPSA) is 69.0 Å². The van der Waals surface area contributed by atoms with Crippen molar-refractivity contribution in [1.29, 1.82) is 0 Å². The van der Waals surface area contributed by atoms with Crippen molar-refractivity contribution in [3.8, 4) is 5.82 Å². The molecule has 6 nitrogen and oxygen atoms in total. The molecule has 0 atom stereocenters. The molecule has 0 bridgehead atoms. The highest BCUT2D eigenvalue weighted by Gasteiger charge is 2.41. The van der Waals surface area contributed by atoms with E-state index >= 15 is 0 Å². The number of nitrogens with zero attached hydrogens (tertiary/aromatic N) is 3. The van der Waals surface area contributed by atoms with Crippen molar-refractivity contribution in [2.75, 3.05) is 13.2 Å². The number of aromatic nitrogens is 3. The molecule has 0 radical (unpaired) electrons. The minimum atomic E-state index is -0.560. The van der Waals surface area contributed by atoms with Crippen LogP contribution >= 0.6 is 15.9 Å². The van der Waals surface area contributed by atoms with Gasteiger partial charge in [-0.3, -0.25) is 4.79 Å². The molecular formula is C23H25BrN4O2. The van der Waals surface area contributed by atoms with Crippen molar-refractivity contribution < 1.29 is 9.53 Å². The predicted molar refractivity (Wildman–Crippen MR) is 119 cm³/mol. The second-order valence-corrected chi connectivity index (χ2v) is 8.66. The number of aryl methyl sites for hydroxylation is 2. The van der Waals surface area contributed by atoms with Gasteiger partial charge in [0, 0.05) is 36.1 Å². The van der Waals surface area contributed by atoms with Crippen LogP contribution in [0.4, 0.5) is 0 Å². The average molecular weight is 469 g/mol. The molecule has 0 unspecified atom stereocenters. The van der Waals surface area contributed by atoms with Crippen LogP contribution in [-0.4, -0.2) is 33.9 Å². The van der Waals surface area contributed by atoms with Crippen LogP contribution in [0.25, 0.3) is 5.82 Å². The quantitative estimate of drug-likeness (QED) is 0.613. The van der Waals surface area contributed by atoms with E-state index in [1.165, 1.54) is 0 Å². The number of amides is 1. The van der Waals surface area contributed by atoms with E-state index in [0.717, 1.165) is 32.8 Å². The predicted octanol–water partition coefficient (Wildman–Crippen LogP) is 4.01. The third-order valence-electron chi connectivity index (χ3n) is 5.67. The number of carbonyl (C=O) groups is 1. The molecule has 7 heteroatoms. The summed E-state index contributed by atoms with van der Waals surface area (Å²) in [5.41, 5.74) is 3.42. The van der Waals surface area contributed by atoms with Crippen molar-refractivity contribution in [2.24, 2.45) is 0 Å². The van der Waals surface area contributed by atoms with Crippen LogP contribution in [0.15, 0.2) is 53.1 Å². The molecular weight excluding hydrogens is 444 g/mol. The van der Waals surface area contributed by atoms with Crippen LogP contribution in [0.1, 0.15) is 35.4 Å². The minimum absolute atomic E-state index is 0.0377. The molecule has 1 aliphatic heterocycles. The van der Waals surface area contributed by atoms with E-state index in [0.29, 0.717) is 32.6 Å². The number of pyridine rings is 1. The zero-order valence-corrected chi connectivity index (χ0v) is 18.8. The van der Waals surface area contributed by atoms with E-state index in [2.05, 4.69) is 31.3 Å². The Kier molecular flexibility index (Phi) is 6.01. The third kappa shape index (κ3) is 4.18. The lowest BCUT2D eigenvalue weighted by Gasteiger charge is -2.36. The summed E-state index contributed by atoms with van der Waals surface area (Å²) in [6.07, 6.45) is 3.15. The SMILES string of the molecule is Cc1cc(C)n(-c2ccc(CNC(=O)C3(c4ccc(Br)cc4)CCOCC3)cn2)n1. The second-order valence-electron chi connectivity index (χ2n) is 7.75. The zero-order chi connectivity index (χ0) is 21.1. The summed E-state index contributed by atoms with van der Waals surface area (Å²) in [4.78, 5) is 17.8. The lowest BCUT2D eigenvalue weighted by Crippen LogP contribution is -2.47. The summed E-state index contributed by atoms with van der Waals surface area (Å²) < 4.78 is 8.37. The molecule has 1 N–H and O–H groups in total. The molecule has 30 heavy (non-hydrogen) atoms. The molecule has 4 rings (SSSR count). The zero-order valence-electron chi connectivity index (χ0n) is 17.2. The lowest BCUT2D eigenvalue weighted by molar-refractivity contribution is -0.130. The Morgan fingerprint density at radius 3 is 2.50 bits per heavy atom. The van der Waals surface area contributed by atoms with Crippen LogP contribution in [-0.2, 0) is 21.5 Å². The van der Waals surface area contributed by atoms with Gasteiger partial charge < -0.3 is 10.1 Å². The van der Waals surface area contributed by atoms with Gasteiger partial charge in [0.15, 0.2) is 5.82 Å². The molecule has 0 spiro atoms. The molecule has 1 amide bonds. The number of benzene rings is 1. The van der Waals surface area contributed by atoms with Crippen LogP contribution in [0, 0.1) is 13.8 Å². The summed E-state index contributed by atoms with van der Waals surface area (Å²) in [5.74, 6) is 0.808. The smallest absolute Gasteiger partial charge is 0.231 e. The second kappa shape index (κ2) is 8.70. The Morgan fingerprint density at radius 1 is 1.17 bits per heavy atom. The van der Waals surface area contributed by atoms with Gasteiger partial charge in [-0.05, 0) is 62.1 Å². The fourth-order valence-corrected chi connectivity index (χ4v) is 4.26. The number of hydrogen-bond acceptors (Lipinski definition) is 4. The summed E-state index contributed by atoms with van der Waals surface area (Å²) in [6.45, 7) is 5.57. The molecule has 3 aromatic rings. The number of hydrogen-bond donors (Lipinski definition) is 1. The first-order valence-corrected chi connectivity index (χ1v) is 10.9. The van der Waals surface area contributed by atoms with Gasteiger partial charge in [0.2, 0.25) is 5.91 Å². The van der Waals surface area contributed by atoms with E-state index in [-0.39, 0.29) is 5.91 Å². The molecule has 0 aliphatic carbocycles. The van der Waals surface area contributed by atoms with Crippen LogP contribution in [0.2, 0.25) is 0 Å². The normalized spacial score (nSPS) is 15.7. The fourth-order valence-electron chi connectivity index (χ4n) is 3.99. The first-order valence-electron chi connectivity index (χ1n) is 10.1. The van der Waals surface area contributed by atoms with Crippen LogP contribution < -0.4 is 5.32 Å². The van der Waals surface area contributed by atoms with Crippen LogP contribution in [0.3, 0.4) is 0 Å². The third-order valence-corrected chi connectivity index (χ3v) is 6.20. The maximum absolute atomic E-state index is 13.3. The van der Waals surface area contributed by atoms with Gasteiger partial charge in [-0.15, -0.1) is 0 Å². The Morgan fingerprint density at radius 2 is 1.90 bits per heavy atom. The van der Waals surface area contributed by atoms with E-state index in [1.54, 1.807) is 6.20 Å². The maximum Gasteiger partial charge on any atom is 0.231 e. The van der Waals surface area contributed by atoms with Gasteiger partial charge in [0.05, 0.1) is 11.1 Å². The van der Waals surface area contributed by atoms with Crippen molar-refractivity contribution >= 4 is 21.8 Å². The van der Waals surface area contributed by atoms with E-state index in [9.17, 15) is 4.79 Å². The van der Waals surface area contributed by atoms with Gasteiger partial charge >= 0.3 is 0 Å². The number of rotatable bonds is 5. The molecule has 1 aliphatic rings. The number of halogens is 1. The first-order chi connectivity index (χ1) is 14.5. The number of nitrogens with one attached hydrogen (secondary N) is 1. The average Bonchev–Trinajstić information content (AvgIpc) is 3.11.